The highest BCUT2D eigenvalue weighted by atomic mass is 32.2. The van der Waals surface area contributed by atoms with Gasteiger partial charge in [0.15, 0.2) is 5.16 Å². The molecule has 0 unspecified atom stereocenters. The molecule has 0 saturated carbocycles. The van der Waals surface area contributed by atoms with E-state index in [1.54, 1.807) is 42.3 Å². The van der Waals surface area contributed by atoms with Crippen LogP contribution in [-0.2, 0) is 20.9 Å². The number of ether oxygens (including phenoxy) is 1. The Morgan fingerprint density at radius 2 is 1.75 bits per heavy atom. The van der Waals surface area contributed by atoms with Gasteiger partial charge in [0.05, 0.1) is 19.4 Å². The lowest BCUT2D eigenvalue weighted by atomic mass is 10.2. The third-order valence-corrected chi connectivity index (χ3v) is 5.88. The number of methoxy groups -OCH3 is 1. The molecule has 1 aliphatic rings. The fourth-order valence-electron chi connectivity index (χ4n) is 3.25. The molecule has 1 aliphatic heterocycles. The van der Waals surface area contributed by atoms with Crippen LogP contribution in [0.4, 0.5) is 5.69 Å². The van der Waals surface area contributed by atoms with Crippen molar-refractivity contribution >= 4 is 35.2 Å². The van der Waals surface area contributed by atoms with E-state index >= 15 is 0 Å². The van der Waals surface area contributed by atoms with E-state index in [-0.39, 0.29) is 42.9 Å². The maximum atomic E-state index is 12.4. The summed E-state index contributed by atoms with van der Waals surface area (Å²) in [6.07, 6.45) is 2.14. The first-order valence-electron chi connectivity index (χ1n) is 9.93. The largest absolute Gasteiger partial charge is 0.497 e. The van der Waals surface area contributed by atoms with Gasteiger partial charge in [-0.3, -0.25) is 23.9 Å². The van der Waals surface area contributed by atoms with Gasteiger partial charge in [0.2, 0.25) is 17.7 Å². The smallest absolute Gasteiger partial charge is 0.234 e. The second kappa shape index (κ2) is 9.65. The molecule has 2 aromatic carbocycles. The highest BCUT2D eigenvalue weighted by Gasteiger charge is 2.28. The van der Waals surface area contributed by atoms with Crippen LogP contribution in [0.3, 0.4) is 0 Å². The van der Waals surface area contributed by atoms with Crippen molar-refractivity contribution in [3.63, 3.8) is 0 Å². The molecule has 1 N–H and O–H groups in total. The maximum Gasteiger partial charge on any atom is 0.234 e. The van der Waals surface area contributed by atoms with Crippen molar-refractivity contribution in [2.24, 2.45) is 0 Å². The van der Waals surface area contributed by atoms with Crippen LogP contribution in [0.25, 0.3) is 5.69 Å². The predicted octanol–water partition coefficient (Wildman–Crippen LogP) is 2.66. The molecular weight excluding hydrogens is 430 g/mol. The van der Waals surface area contributed by atoms with Gasteiger partial charge in [-0.1, -0.05) is 23.9 Å². The average molecular weight is 452 g/mol. The number of amides is 3. The van der Waals surface area contributed by atoms with E-state index in [2.05, 4.69) is 15.5 Å². The van der Waals surface area contributed by atoms with Gasteiger partial charge in [0, 0.05) is 24.2 Å². The van der Waals surface area contributed by atoms with Crippen LogP contribution < -0.4 is 10.1 Å². The highest BCUT2D eigenvalue weighted by Crippen LogP contribution is 2.22. The van der Waals surface area contributed by atoms with Crippen molar-refractivity contribution in [3.8, 4) is 11.4 Å². The molecule has 1 aromatic heterocycles. The third kappa shape index (κ3) is 4.97. The number of aromatic nitrogens is 3. The first-order chi connectivity index (χ1) is 15.5. The van der Waals surface area contributed by atoms with E-state index in [1.807, 2.05) is 24.3 Å². The number of carbonyl (C=O) groups excluding carboxylic acids is 3. The minimum absolute atomic E-state index is 0.146. The number of likely N-dealkylation sites (tertiary alicyclic amines) is 1. The van der Waals surface area contributed by atoms with Gasteiger partial charge in [-0.15, -0.1) is 10.2 Å². The molecule has 9 nitrogen and oxygen atoms in total. The summed E-state index contributed by atoms with van der Waals surface area (Å²) in [7, 11) is 1.61. The molecule has 0 bridgehead atoms. The fraction of sp³-hybridized carbons (Fsp3) is 0.227. The zero-order valence-corrected chi connectivity index (χ0v) is 18.2. The van der Waals surface area contributed by atoms with Crippen LogP contribution in [0.15, 0.2) is 60.0 Å². The molecule has 2 heterocycles. The topological polar surface area (TPSA) is 106 Å². The number of benzene rings is 2. The average Bonchev–Trinajstić information content (AvgIpc) is 3.41. The molecule has 0 spiro atoms. The molecule has 0 radical (unpaired) electrons. The zero-order valence-electron chi connectivity index (χ0n) is 17.4. The number of carbonyl (C=O) groups is 3. The standard InChI is InChI=1S/C22H21N5O4S/c1-31-18-8-6-17(7-9-18)27-14-23-25-22(27)32-13-19(28)24-16-4-2-15(3-5-16)12-26-20(29)10-11-21(26)30/h2-9,14H,10-13H2,1H3,(H,24,28). The Hall–Kier alpha value is -3.66. The molecular formula is C22H21N5O4S. The van der Waals surface area contributed by atoms with Crippen molar-refractivity contribution in [2.75, 3.05) is 18.2 Å². The Bertz CT molecular complexity index is 1110. The summed E-state index contributed by atoms with van der Waals surface area (Å²) in [5.74, 6) is 0.434. The maximum absolute atomic E-state index is 12.4. The second-order valence-corrected chi connectivity index (χ2v) is 8.03. The third-order valence-electron chi connectivity index (χ3n) is 4.93. The summed E-state index contributed by atoms with van der Waals surface area (Å²) in [5.41, 5.74) is 2.33. The Morgan fingerprint density at radius 1 is 1.06 bits per heavy atom. The molecule has 0 atom stereocenters. The van der Waals surface area contributed by atoms with Crippen molar-refractivity contribution in [1.29, 1.82) is 0 Å². The summed E-state index contributed by atoms with van der Waals surface area (Å²) in [4.78, 5) is 37.1. The number of anilines is 1. The van der Waals surface area contributed by atoms with Crippen LogP contribution in [0.5, 0.6) is 5.75 Å². The number of imide groups is 1. The number of hydrogen-bond acceptors (Lipinski definition) is 7. The minimum atomic E-state index is -0.183. The normalized spacial score (nSPS) is 13.5. The first-order valence-corrected chi connectivity index (χ1v) is 10.9. The molecule has 164 valence electrons. The van der Waals surface area contributed by atoms with Crippen molar-refractivity contribution in [2.45, 2.75) is 24.5 Å². The summed E-state index contributed by atoms with van der Waals surface area (Å²) in [6, 6.07) is 14.6. The molecule has 4 rings (SSSR count). The fourth-order valence-corrected chi connectivity index (χ4v) is 3.97. The SMILES string of the molecule is COc1ccc(-n2cnnc2SCC(=O)Nc2ccc(CN3C(=O)CCC3=O)cc2)cc1. The van der Waals surface area contributed by atoms with Crippen LogP contribution in [0.2, 0.25) is 0 Å². The van der Waals surface area contributed by atoms with Gasteiger partial charge in [-0.2, -0.15) is 0 Å². The Kier molecular flexibility index (Phi) is 6.50. The number of thioether (sulfide) groups is 1. The Morgan fingerprint density at radius 3 is 2.41 bits per heavy atom. The van der Waals surface area contributed by atoms with Gasteiger partial charge >= 0.3 is 0 Å². The van der Waals surface area contributed by atoms with E-state index < -0.39 is 0 Å². The molecule has 3 amide bonds. The molecule has 0 aliphatic carbocycles. The van der Waals surface area contributed by atoms with Gasteiger partial charge in [0.25, 0.3) is 0 Å². The number of hydrogen-bond donors (Lipinski definition) is 1. The van der Waals surface area contributed by atoms with Crippen molar-refractivity contribution < 1.29 is 19.1 Å². The Labute approximate surface area is 188 Å². The molecule has 3 aromatic rings. The lowest BCUT2D eigenvalue weighted by Gasteiger charge is -2.14. The van der Waals surface area contributed by atoms with Crippen molar-refractivity contribution in [1.82, 2.24) is 19.7 Å². The van der Waals surface area contributed by atoms with Crippen LogP contribution >= 0.6 is 11.8 Å². The number of rotatable bonds is 8. The van der Waals surface area contributed by atoms with Crippen LogP contribution in [0.1, 0.15) is 18.4 Å². The van der Waals surface area contributed by atoms with E-state index in [9.17, 15) is 14.4 Å². The van der Waals surface area contributed by atoms with E-state index in [0.29, 0.717) is 10.8 Å². The monoisotopic (exact) mass is 451 g/mol. The second-order valence-electron chi connectivity index (χ2n) is 7.09. The van der Waals surface area contributed by atoms with Gasteiger partial charge < -0.3 is 10.1 Å². The first kappa shape index (κ1) is 21.6. The Balaban J connectivity index is 1.31. The molecule has 1 fully saturated rings. The molecule has 1 saturated heterocycles. The summed E-state index contributed by atoms with van der Waals surface area (Å²) in [6.45, 7) is 0.253. The quantitative estimate of drug-likeness (QED) is 0.414. The minimum Gasteiger partial charge on any atom is -0.497 e. The van der Waals surface area contributed by atoms with E-state index in [4.69, 9.17) is 4.74 Å². The molecule has 32 heavy (non-hydrogen) atoms. The zero-order chi connectivity index (χ0) is 22.5. The summed E-state index contributed by atoms with van der Waals surface area (Å²) < 4.78 is 6.97. The lowest BCUT2D eigenvalue weighted by molar-refractivity contribution is -0.139. The van der Waals surface area contributed by atoms with E-state index in [1.165, 1.54) is 16.7 Å². The lowest BCUT2D eigenvalue weighted by Crippen LogP contribution is -2.28. The number of nitrogens with one attached hydrogen (secondary N) is 1. The highest BCUT2D eigenvalue weighted by molar-refractivity contribution is 7.99. The van der Waals surface area contributed by atoms with Gasteiger partial charge in [-0.25, -0.2) is 0 Å². The van der Waals surface area contributed by atoms with Gasteiger partial charge in [-0.05, 0) is 42.0 Å². The van der Waals surface area contributed by atoms with E-state index in [0.717, 1.165) is 17.0 Å². The van der Waals surface area contributed by atoms with Crippen LogP contribution in [0, 0.1) is 0 Å². The predicted molar refractivity (Wildman–Crippen MR) is 118 cm³/mol. The van der Waals surface area contributed by atoms with Crippen molar-refractivity contribution in [3.05, 3.63) is 60.4 Å². The summed E-state index contributed by atoms with van der Waals surface area (Å²) in [5, 5.41) is 11.5. The van der Waals surface area contributed by atoms with Crippen LogP contribution in [-0.4, -0.2) is 50.2 Å². The summed E-state index contributed by atoms with van der Waals surface area (Å²) >= 11 is 1.28. The number of nitrogens with zero attached hydrogens (tertiary/aromatic N) is 4. The molecule has 10 heteroatoms. The van der Waals surface area contributed by atoms with Gasteiger partial charge in [0.1, 0.15) is 12.1 Å².